The summed E-state index contributed by atoms with van der Waals surface area (Å²) in [7, 11) is 0. The molecule has 0 saturated carbocycles. The van der Waals surface area contributed by atoms with Crippen LogP contribution in [0.15, 0.2) is 65.7 Å². The van der Waals surface area contributed by atoms with E-state index in [-0.39, 0.29) is 12.0 Å². The molecule has 0 aliphatic rings. The molecular formula is C17H16NO4-. The van der Waals surface area contributed by atoms with E-state index in [0.29, 0.717) is 5.56 Å². The van der Waals surface area contributed by atoms with Gasteiger partial charge in [-0.05, 0) is 17.0 Å². The van der Waals surface area contributed by atoms with Crippen molar-refractivity contribution in [3.63, 3.8) is 0 Å². The monoisotopic (exact) mass is 298 g/mol. The average molecular weight is 298 g/mol. The SMILES string of the molecule is O=C(O)C(CO)(Cc1ccccc1)N=C([O-])c1ccccc1. The first kappa shape index (κ1) is 15.7. The van der Waals surface area contributed by atoms with Crippen molar-refractivity contribution in [2.45, 2.75) is 12.0 Å². The molecule has 0 bridgehead atoms. The molecule has 0 aromatic heterocycles. The predicted octanol–water partition coefficient (Wildman–Crippen LogP) is 0.852. The molecule has 2 aromatic carbocycles. The van der Waals surface area contributed by atoms with Crippen LogP contribution in [0.25, 0.3) is 0 Å². The van der Waals surface area contributed by atoms with E-state index in [9.17, 15) is 20.1 Å². The third kappa shape index (κ3) is 3.51. The van der Waals surface area contributed by atoms with E-state index in [1.165, 1.54) is 0 Å². The topological polar surface area (TPSA) is 93.0 Å². The molecule has 114 valence electrons. The zero-order valence-corrected chi connectivity index (χ0v) is 11.8. The number of rotatable bonds is 6. The van der Waals surface area contributed by atoms with E-state index in [1.807, 2.05) is 0 Å². The van der Waals surface area contributed by atoms with Crippen molar-refractivity contribution in [1.82, 2.24) is 0 Å². The average Bonchev–Trinajstić information content (AvgIpc) is 2.55. The summed E-state index contributed by atoms with van der Waals surface area (Å²) in [5.41, 5.74) is -0.910. The van der Waals surface area contributed by atoms with Crippen LogP contribution in [0.3, 0.4) is 0 Å². The largest absolute Gasteiger partial charge is 0.858 e. The van der Waals surface area contributed by atoms with Gasteiger partial charge in [0.25, 0.3) is 0 Å². The van der Waals surface area contributed by atoms with Crippen LogP contribution in [0, 0.1) is 0 Å². The van der Waals surface area contributed by atoms with Crippen LogP contribution in [0.1, 0.15) is 11.1 Å². The van der Waals surface area contributed by atoms with E-state index < -0.39 is 24.0 Å². The summed E-state index contributed by atoms with van der Waals surface area (Å²) in [5, 5.41) is 31.2. The number of nitrogens with zero attached hydrogens (tertiary/aromatic N) is 1. The molecule has 0 amide bonds. The Bertz CT molecular complexity index is 655. The summed E-state index contributed by atoms with van der Waals surface area (Å²) in [6, 6.07) is 17.0. The Morgan fingerprint density at radius 1 is 1.05 bits per heavy atom. The fourth-order valence-corrected chi connectivity index (χ4v) is 2.10. The van der Waals surface area contributed by atoms with Crippen molar-refractivity contribution < 1.29 is 20.1 Å². The summed E-state index contributed by atoms with van der Waals surface area (Å²) in [6.07, 6.45) is -0.0573. The van der Waals surface area contributed by atoms with Crippen molar-refractivity contribution >= 4 is 11.9 Å². The van der Waals surface area contributed by atoms with Crippen molar-refractivity contribution in [3.8, 4) is 0 Å². The zero-order chi connectivity index (χ0) is 16.0. The number of carboxylic acid groups (broad SMARTS) is 1. The van der Waals surface area contributed by atoms with Crippen LogP contribution in [0.5, 0.6) is 0 Å². The lowest BCUT2D eigenvalue weighted by atomic mass is 9.92. The number of hydrogen-bond donors (Lipinski definition) is 2. The molecule has 2 aromatic rings. The van der Waals surface area contributed by atoms with Crippen molar-refractivity contribution in [1.29, 1.82) is 0 Å². The highest BCUT2D eigenvalue weighted by molar-refractivity contribution is 5.93. The Hall–Kier alpha value is -2.66. The summed E-state index contributed by atoms with van der Waals surface area (Å²) < 4.78 is 0. The van der Waals surface area contributed by atoms with Gasteiger partial charge >= 0.3 is 5.97 Å². The number of carboxylic acids is 1. The van der Waals surface area contributed by atoms with Gasteiger partial charge in [-0.25, -0.2) is 4.79 Å². The lowest BCUT2D eigenvalue weighted by molar-refractivity contribution is -0.214. The molecule has 2 N–H and O–H groups in total. The van der Waals surface area contributed by atoms with E-state index >= 15 is 0 Å². The first-order valence-corrected chi connectivity index (χ1v) is 6.78. The minimum absolute atomic E-state index is 0.0573. The lowest BCUT2D eigenvalue weighted by Crippen LogP contribution is -2.45. The highest BCUT2D eigenvalue weighted by Crippen LogP contribution is 2.19. The molecular weight excluding hydrogens is 282 g/mol. The van der Waals surface area contributed by atoms with E-state index in [0.717, 1.165) is 0 Å². The molecule has 0 radical (unpaired) electrons. The van der Waals surface area contributed by atoms with Gasteiger partial charge < -0.3 is 15.3 Å². The van der Waals surface area contributed by atoms with Gasteiger partial charge in [0.2, 0.25) is 0 Å². The van der Waals surface area contributed by atoms with Gasteiger partial charge in [0.05, 0.1) is 6.61 Å². The van der Waals surface area contributed by atoms with Crippen LogP contribution in [0.4, 0.5) is 0 Å². The predicted molar refractivity (Wildman–Crippen MR) is 80.6 cm³/mol. The molecule has 0 heterocycles. The summed E-state index contributed by atoms with van der Waals surface area (Å²) in [5.74, 6) is -1.99. The standard InChI is InChI=1S/C17H17NO4/c19-12-17(16(21)22,11-13-7-3-1-4-8-13)18-15(20)14-9-5-2-6-10-14/h1-10,19H,11-12H2,(H,18,20)(H,21,22)/p-1. The van der Waals surface area contributed by atoms with Crippen molar-refractivity contribution in [3.05, 3.63) is 71.8 Å². The maximum absolute atomic E-state index is 12.2. The summed E-state index contributed by atoms with van der Waals surface area (Å²) >= 11 is 0. The van der Waals surface area contributed by atoms with Gasteiger partial charge in [-0.3, -0.25) is 4.99 Å². The van der Waals surface area contributed by atoms with Crippen LogP contribution in [-0.2, 0) is 11.2 Å². The maximum atomic E-state index is 12.2. The summed E-state index contributed by atoms with van der Waals surface area (Å²) in [4.78, 5) is 15.4. The smallest absolute Gasteiger partial charge is 0.334 e. The normalized spacial score (nSPS) is 14.3. The molecule has 1 unspecified atom stereocenters. The third-order valence-electron chi connectivity index (χ3n) is 3.34. The Morgan fingerprint density at radius 2 is 1.59 bits per heavy atom. The number of benzene rings is 2. The molecule has 5 nitrogen and oxygen atoms in total. The zero-order valence-electron chi connectivity index (χ0n) is 11.8. The third-order valence-corrected chi connectivity index (χ3v) is 3.34. The Labute approximate surface area is 128 Å². The molecule has 0 saturated heterocycles. The molecule has 0 aliphatic heterocycles. The second-order valence-corrected chi connectivity index (χ2v) is 4.94. The Morgan fingerprint density at radius 3 is 2.09 bits per heavy atom. The van der Waals surface area contributed by atoms with Crippen LogP contribution in [0.2, 0.25) is 0 Å². The van der Waals surface area contributed by atoms with Crippen LogP contribution >= 0.6 is 0 Å². The lowest BCUT2D eigenvalue weighted by Gasteiger charge is -2.26. The minimum Gasteiger partial charge on any atom is -0.858 e. The Balaban J connectivity index is 2.39. The minimum atomic E-state index is -1.88. The fourth-order valence-electron chi connectivity index (χ4n) is 2.10. The van der Waals surface area contributed by atoms with Gasteiger partial charge in [0.1, 0.15) is 0 Å². The second-order valence-electron chi connectivity index (χ2n) is 4.94. The van der Waals surface area contributed by atoms with Gasteiger partial charge in [0.15, 0.2) is 5.54 Å². The number of carbonyl (C=O) groups is 1. The molecule has 0 spiro atoms. The van der Waals surface area contributed by atoms with Crippen molar-refractivity contribution in [2.75, 3.05) is 6.61 Å². The molecule has 1 atom stereocenters. The van der Waals surface area contributed by atoms with Crippen LogP contribution in [-0.4, -0.2) is 34.2 Å². The highest BCUT2D eigenvalue weighted by atomic mass is 16.4. The van der Waals surface area contributed by atoms with Gasteiger partial charge in [-0.1, -0.05) is 60.7 Å². The highest BCUT2D eigenvalue weighted by Gasteiger charge is 2.37. The fraction of sp³-hybridized carbons (Fsp3) is 0.176. The number of aliphatic carboxylic acids is 1. The van der Waals surface area contributed by atoms with Crippen molar-refractivity contribution in [2.24, 2.45) is 4.99 Å². The maximum Gasteiger partial charge on any atom is 0.334 e. The molecule has 0 fully saturated rings. The van der Waals surface area contributed by atoms with Gasteiger partial charge in [-0.2, -0.15) is 0 Å². The van der Waals surface area contributed by atoms with Crippen LogP contribution < -0.4 is 5.11 Å². The first-order valence-electron chi connectivity index (χ1n) is 6.78. The molecule has 0 aliphatic carbocycles. The molecule has 2 rings (SSSR count). The molecule has 22 heavy (non-hydrogen) atoms. The molecule has 5 heteroatoms. The quantitative estimate of drug-likeness (QED) is 0.611. The van der Waals surface area contributed by atoms with E-state index in [1.54, 1.807) is 60.7 Å². The van der Waals surface area contributed by atoms with E-state index in [4.69, 9.17) is 0 Å². The van der Waals surface area contributed by atoms with E-state index in [2.05, 4.69) is 4.99 Å². The van der Waals surface area contributed by atoms with Gasteiger partial charge in [-0.15, -0.1) is 0 Å². The van der Waals surface area contributed by atoms with Gasteiger partial charge in [0, 0.05) is 6.42 Å². The Kier molecular flexibility index (Phi) is 4.91. The number of aliphatic imine (C=N–C) groups is 1. The summed E-state index contributed by atoms with van der Waals surface area (Å²) in [6.45, 7) is -0.754. The first-order chi connectivity index (χ1) is 10.6. The number of aliphatic hydroxyl groups is 1. The number of aliphatic hydroxyl groups excluding tert-OH is 1. The number of hydrogen-bond acceptors (Lipinski definition) is 4. The second kappa shape index (κ2) is 6.87.